The van der Waals surface area contributed by atoms with Gasteiger partial charge in [-0.1, -0.05) is 84.0 Å². The zero-order valence-corrected chi connectivity index (χ0v) is 17.3. The van der Waals surface area contributed by atoms with Crippen molar-refractivity contribution in [3.63, 3.8) is 0 Å². The molecule has 0 aliphatic heterocycles. The first-order valence-electron chi connectivity index (χ1n) is 9.43. The fraction of sp³-hybridized carbons (Fsp3) is 0.120. The fourth-order valence-corrected chi connectivity index (χ4v) is 4.45. The molecule has 0 radical (unpaired) electrons. The van der Waals surface area contributed by atoms with E-state index in [0.29, 0.717) is 0 Å². The first-order chi connectivity index (χ1) is 13.7. The van der Waals surface area contributed by atoms with Crippen LogP contribution in [0.2, 0.25) is 5.02 Å². The molecule has 0 aromatic heterocycles. The van der Waals surface area contributed by atoms with Gasteiger partial charge in [0.1, 0.15) is 0 Å². The average Bonchev–Trinajstić information content (AvgIpc) is 2.74. The van der Waals surface area contributed by atoms with Crippen LogP contribution >= 0.6 is 23.4 Å². The Balaban J connectivity index is 1.51. The molecule has 4 aromatic carbocycles. The molecule has 140 valence electrons. The van der Waals surface area contributed by atoms with Crippen LogP contribution in [-0.2, 0) is 6.54 Å². The Morgan fingerprint density at radius 2 is 1.54 bits per heavy atom. The van der Waals surface area contributed by atoms with Gasteiger partial charge in [-0.05, 0) is 59.2 Å². The van der Waals surface area contributed by atoms with E-state index >= 15 is 0 Å². The maximum Gasteiger partial charge on any atom is 0.0406 e. The number of benzene rings is 4. The summed E-state index contributed by atoms with van der Waals surface area (Å²) in [6, 6.07) is 31.9. The Kier molecular flexibility index (Phi) is 6.01. The third-order valence-electron chi connectivity index (χ3n) is 4.90. The second-order valence-corrected chi connectivity index (χ2v) is 8.39. The minimum absolute atomic E-state index is 0.264. The molecule has 0 bridgehead atoms. The molecule has 0 fully saturated rings. The standard InChI is InChI=1S/C25H22ClNS/c1-18(23-11-6-9-19-7-2-4-10-24(19)23)27-17-20-8-3-5-12-25(20)28-22-15-13-21(26)14-16-22/h2-16,18,27H,17H2,1H3. The molecule has 0 saturated heterocycles. The molecule has 4 rings (SSSR count). The van der Waals surface area contributed by atoms with Crippen LogP contribution in [-0.4, -0.2) is 0 Å². The highest BCUT2D eigenvalue weighted by Crippen LogP contribution is 2.32. The third-order valence-corrected chi connectivity index (χ3v) is 6.28. The zero-order chi connectivity index (χ0) is 19.3. The van der Waals surface area contributed by atoms with Gasteiger partial charge in [-0.3, -0.25) is 0 Å². The van der Waals surface area contributed by atoms with Gasteiger partial charge >= 0.3 is 0 Å². The van der Waals surface area contributed by atoms with Crippen molar-refractivity contribution in [3.8, 4) is 0 Å². The number of fused-ring (bicyclic) bond motifs is 1. The van der Waals surface area contributed by atoms with Crippen molar-refractivity contribution in [2.45, 2.75) is 29.3 Å². The van der Waals surface area contributed by atoms with Crippen LogP contribution in [0.4, 0.5) is 0 Å². The average molecular weight is 404 g/mol. The fourth-order valence-electron chi connectivity index (χ4n) is 3.38. The Bertz CT molecular complexity index is 1070. The predicted molar refractivity (Wildman–Crippen MR) is 121 cm³/mol. The molecule has 28 heavy (non-hydrogen) atoms. The molecule has 4 aromatic rings. The van der Waals surface area contributed by atoms with Gasteiger partial charge in [0.05, 0.1) is 0 Å². The summed E-state index contributed by atoms with van der Waals surface area (Å²) in [7, 11) is 0. The lowest BCUT2D eigenvalue weighted by Gasteiger charge is -2.18. The smallest absolute Gasteiger partial charge is 0.0406 e. The summed E-state index contributed by atoms with van der Waals surface area (Å²) in [5.74, 6) is 0. The molecule has 1 atom stereocenters. The van der Waals surface area contributed by atoms with Crippen molar-refractivity contribution in [1.82, 2.24) is 5.32 Å². The van der Waals surface area contributed by atoms with E-state index in [1.165, 1.54) is 31.7 Å². The highest BCUT2D eigenvalue weighted by Gasteiger charge is 2.10. The van der Waals surface area contributed by atoms with Crippen molar-refractivity contribution in [2.24, 2.45) is 0 Å². The molecule has 0 aliphatic rings. The van der Waals surface area contributed by atoms with Gasteiger partial charge in [-0.25, -0.2) is 0 Å². The molecule has 1 unspecified atom stereocenters. The van der Waals surface area contributed by atoms with Crippen LogP contribution in [0.15, 0.2) is 101 Å². The second kappa shape index (κ2) is 8.83. The molecule has 0 aliphatic carbocycles. The van der Waals surface area contributed by atoms with Gasteiger partial charge in [0.25, 0.3) is 0 Å². The molecule has 1 N–H and O–H groups in total. The minimum Gasteiger partial charge on any atom is -0.306 e. The van der Waals surface area contributed by atoms with Crippen LogP contribution in [0.25, 0.3) is 10.8 Å². The normalized spacial score (nSPS) is 12.2. The Labute approximate surface area is 175 Å². The van der Waals surface area contributed by atoms with E-state index < -0.39 is 0 Å². The topological polar surface area (TPSA) is 12.0 Å². The molecular weight excluding hydrogens is 382 g/mol. The van der Waals surface area contributed by atoms with Crippen LogP contribution in [0.3, 0.4) is 0 Å². The van der Waals surface area contributed by atoms with Crippen molar-refractivity contribution in [1.29, 1.82) is 0 Å². The highest BCUT2D eigenvalue weighted by molar-refractivity contribution is 7.99. The first kappa shape index (κ1) is 19.1. The number of halogens is 1. The summed E-state index contributed by atoms with van der Waals surface area (Å²) < 4.78 is 0. The summed E-state index contributed by atoms with van der Waals surface area (Å²) in [5, 5.41) is 7.07. The molecule has 3 heteroatoms. The number of hydrogen-bond donors (Lipinski definition) is 1. The van der Waals surface area contributed by atoms with Gasteiger partial charge < -0.3 is 5.32 Å². The van der Waals surface area contributed by atoms with Crippen LogP contribution < -0.4 is 5.32 Å². The maximum absolute atomic E-state index is 6.01. The zero-order valence-electron chi connectivity index (χ0n) is 15.7. The maximum atomic E-state index is 6.01. The van der Waals surface area contributed by atoms with Crippen LogP contribution in [0, 0.1) is 0 Å². The van der Waals surface area contributed by atoms with Crippen LogP contribution in [0.1, 0.15) is 24.1 Å². The van der Waals surface area contributed by atoms with Gasteiger partial charge in [0, 0.05) is 27.4 Å². The summed E-state index contributed by atoms with van der Waals surface area (Å²) >= 11 is 7.79. The lowest BCUT2D eigenvalue weighted by atomic mass is 9.99. The van der Waals surface area contributed by atoms with E-state index in [9.17, 15) is 0 Å². The molecule has 0 spiro atoms. The van der Waals surface area contributed by atoms with Crippen molar-refractivity contribution >= 4 is 34.1 Å². The Hall–Kier alpha value is -2.26. The molecule has 0 saturated carbocycles. The van der Waals surface area contributed by atoms with Gasteiger partial charge in [0.2, 0.25) is 0 Å². The Morgan fingerprint density at radius 1 is 0.821 bits per heavy atom. The van der Waals surface area contributed by atoms with Crippen LogP contribution in [0.5, 0.6) is 0 Å². The molecule has 1 nitrogen and oxygen atoms in total. The van der Waals surface area contributed by atoms with Crippen molar-refractivity contribution < 1.29 is 0 Å². The largest absolute Gasteiger partial charge is 0.306 e. The lowest BCUT2D eigenvalue weighted by Crippen LogP contribution is -2.18. The summed E-state index contributed by atoms with van der Waals surface area (Å²) in [5.41, 5.74) is 2.63. The van der Waals surface area contributed by atoms with E-state index in [2.05, 4.69) is 91.1 Å². The molecular formula is C25H22ClNS. The summed E-state index contributed by atoms with van der Waals surface area (Å²) in [4.78, 5) is 2.46. The summed E-state index contributed by atoms with van der Waals surface area (Å²) in [6.07, 6.45) is 0. The van der Waals surface area contributed by atoms with E-state index in [4.69, 9.17) is 11.6 Å². The highest BCUT2D eigenvalue weighted by atomic mass is 35.5. The number of nitrogens with one attached hydrogen (secondary N) is 1. The molecule has 0 heterocycles. The van der Waals surface area contributed by atoms with E-state index in [1.54, 1.807) is 11.8 Å². The quantitative estimate of drug-likeness (QED) is 0.357. The third kappa shape index (κ3) is 4.41. The predicted octanol–water partition coefficient (Wildman–Crippen LogP) is 7.50. The number of rotatable bonds is 6. The van der Waals surface area contributed by atoms with Gasteiger partial charge in [-0.2, -0.15) is 0 Å². The lowest BCUT2D eigenvalue weighted by molar-refractivity contribution is 0.574. The first-order valence-corrected chi connectivity index (χ1v) is 10.6. The van der Waals surface area contributed by atoms with Gasteiger partial charge in [0.15, 0.2) is 0 Å². The van der Waals surface area contributed by atoms with E-state index in [0.717, 1.165) is 11.6 Å². The van der Waals surface area contributed by atoms with Crippen molar-refractivity contribution in [3.05, 3.63) is 107 Å². The molecule has 0 amide bonds. The monoisotopic (exact) mass is 403 g/mol. The Morgan fingerprint density at radius 3 is 2.39 bits per heavy atom. The number of hydrogen-bond acceptors (Lipinski definition) is 2. The van der Waals surface area contributed by atoms with E-state index in [1.807, 2.05) is 12.1 Å². The summed E-state index contributed by atoms with van der Waals surface area (Å²) in [6.45, 7) is 3.05. The van der Waals surface area contributed by atoms with Crippen molar-refractivity contribution in [2.75, 3.05) is 0 Å². The van der Waals surface area contributed by atoms with E-state index in [-0.39, 0.29) is 6.04 Å². The SMILES string of the molecule is CC(NCc1ccccc1Sc1ccc(Cl)cc1)c1cccc2ccccc12. The second-order valence-electron chi connectivity index (χ2n) is 6.83. The minimum atomic E-state index is 0.264. The van der Waals surface area contributed by atoms with Gasteiger partial charge in [-0.15, -0.1) is 0 Å².